The Morgan fingerprint density at radius 3 is 2.75 bits per heavy atom. The second kappa shape index (κ2) is 7.52. The molecule has 24 heavy (non-hydrogen) atoms. The first-order valence-electron chi connectivity index (χ1n) is 7.37. The van der Waals surface area contributed by atoms with Gasteiger partial charge in [-0.05, 0) is 29.9 Å². The Labute approximate surface area is 145 Å². The van der Waals surface area contributed by atoms with Crippen LogP contribution in [0.1, 0.15) is 11.3 Å². The molecule has 0 spiro atoms. The summed E-state index contributed by atoms with van der Waals surface area (Å²) in [6.07, 6.45) is 1.56. The average molecular weight is 336 g/mol. The number of rotatable bonds is 5. The second-order valence-electron chi connectivity index (χ2n) is 5.07. The maximum atomic E-state index is 5.94. The van der Waals surface area contributed by atoms with Crippen LogP contribution in [0.15, 0.2) is 65.8 Å². The molecule has 0 radical (unpaired) electrons. The zero-order chi connectivity index (χ0) is 16.8. The molecule has 3 N–H and O–H groups in total. The molecule has 1 heterocycles. The summed E-state index contributed by atoms with van der Waals surface area (Å²) in [6.45, 7) is 0.489. The van der Waals surface area contributed by atoms with E-state index in [1.807, 2.05) is 60.7 Å². The van der Waals surface area contributed by atoms with E-state index in [0.717, 1.165) is 22.2 Å². The molecule has 0 atom stereocenters. The van der Waals surface area contributed by atoms with Crippen molar-refractivity contribution in [3.63, 3.8) is 0 Å². The molecular weight excluding hydrogens is 320 g/mol. The third kappa shape index (κ3) is 4.05. The van der Waals surface area contributed by atoms with Gasteiger partial charge in [-0.25, -0.2) is 4.98 Å². The minimum atomic E-state index is 0.110. The van der Waals surface area contributed by atoms with Crippen LogP contribution in [0.3, 0.4) is 0 Å². The van der Waals surface area contributed by atoms with E-state index in [0.29, 0.717) is 12.3 Å². The van der Waals surface area contributed by atoms with E-state index in [4.69, 9.17) is 22.7 Å². The normalized spacial score (nSPS) is 10.8. The molecule has 0 aliphatic carbocycles. The Balaban J connectivity index is 1.84. The Morgan fingerprint density at radius 1 is 1.12 bits per heavy atom. The predicted molar refractivity (Wildman–Crippen MR) is 100 cm³/mol. The molecule has 0 saturated carbocycles. The van der Waals surface area contributed by atoms with Gasteiger partial charge in [0.2, 0.25) is 0 Å². The number of fused-ring (bicyclic) bond motifs is 1. The van der Waals surface area contributed by atoms with Crippen molar-refractivity contribution in [2.24, 2.45) is 10.8 Å². The summed E-state index contributed by atoms with van der Waals surface area (Å²) >= 11 is 4.70. The molecule has 120 valence electrons. The Morgan fingerprint density at radius 2 is 1.96 bits per heavy atom. The summed E-state index contributed by atoms with van der Waals surface area (Å²) in [7, 11) is 0. The van der Waals surface area contributed by atoms with Crippen molar-refractivity contribution in [2.75, 3.05) is 0 Å². The zero-order valence-corrected chi connectivity index (χ0v) is 13.7. The van der Waals surface area contributed by atoms with Gasteiger partial charge in [-0.1, -0.05) is 48.5 Å². The van der Waals surface area contributed by atoms with Crippen molar-refractivity contribution in [1.82, 2.24) is 10.4 Å². The van der Waals surface area contributed by atoms with Crippen LogP contribution in [0.5, 0.6) is 5.75 Å². The van der Waals surface area contributed by atoms with Crippen LogP contribution in [0.4, 0.5) is 0 Å². The maximum absolute atomic E-state index is 5.94. The number of pyridine rings is 1. The molecule has 0 fully saturated rings. The van der Waals surface area contributed by atoms with Gasteiger partial charge in [0.05, 0.1) is 11.9 Å². The topological polar surface area (TPSA) is 72.5 Å². The van der Waals surface area contributed by atoms with Gasteiger partial charge in [0, 0.05) is 5.39 Å². The van der Waals surface area contributed by atoms with Crippen LogP contribution in [-0.4, -0.2) is 16.3 Å². The number of hydrazone groups is 1. The summed E-state index contributed by atoms with van der Waals surface area (Å²) in [6, 6.07) is 19.7. The molecule has 0 saturated heterocycles. The number of thiocarbonyl (C=S) groups is 1. The van der Waals surface area contributed by atoms with Gasteiger partial charge in [0.25, 0.3) is 0 Å². The lowest BCUT2D eigenvalue weighted by molar-refractivity contribution is 0.309. The fraction of sp³-hybridized carbons (Fsp3) is 0.0556. The van der Waals surface area contributed by atoms with Crippen LogP contribution < -0.4 is 15.9 Å². The molecule has 0 amide bonds. The summed E-state index contributed by atoms with van der Waals surface area (Å²) in [5.74, 6) is 0.730. The SMILES string of the molecule is NC(=S)N/N=C/c1ccc2cccc(OCc3ccccc3)c2n1. The highest BCUT2D eigenvalue weighted by Crippen LogP contribution is 2.24. The van der Waals surface area contributed by atoms with Gasteiger partial charge in [-0.15, -0.1) is 0 Å². The average Bonchev–Trinajstić information content (AvgIpc) is 2.60. The van der Waals surface area contributed by atoms with E-state index in [2.05, 4.69) is 15.5 Å². The lowest BCUT2D eigenvalue weighted by Gasteiger charge is -2.09. The Hall–Kier alpha value is -2.99. The first-order valence-corrected chi connectivity index (χ1v) is 7.78. The van der Waals surface area contributed by atoms with E-state index >= 15 is 0 Å². The van der Waals surface area contributed by atoms with E-state index in [9.17, 15) is 0 Å². The van der Waals surface area contributed by atoms with Gasteiger partial charge in [0.15, 0.2) is 5.11 Å². The van der Waals surface area contributed by atoms with Crippen LogP contribution in [0.25, 0.3) is 10.9 Å². The molecule has 0 bridgehead atoms. The third-order valence-electron chi connectivity index (χ3n) is 3.31. The van der Waals surface area contributed by atoms with Gasteiger partial charge in [0.1, 0.15) is 17.9 Å². The van der Waals surface area contributed by atoms with E-state index in [-0.39, 0.29) is 5.11 Å². The monoisotopic (exact) mass is 336 g/mol. The van der Waals surface area contributed by atoms with E-state index < -0.39 is 0 Å². The minimum Gasteiger partial charge on any atom is -0.487 e. The highest BCUT2D eigenvalue weighted by molar-refractivity contribution is 7.80. The zero-order valence-electron chi connectivity index (χ0n) is 12.8. The summed E-state index contributed by atoms with van der Waals surface area (Å²) in [5, 5.41) is 5.04. The number of ether oxygens (including phenoxy) is 1. The second-order valence-corrected chi connectivity index (χ2v) is 5.51. The number of aromatic nitrogens is 1. The highest BCUT2D eigenvalue weighted by atomic mass is 32.1. The smallest absolute Gasteiger partial charge is 0.184 e. The van der Waals surface area contributed by atoms with Gasteiger partial charge >= 0.3 is 0 Å². The number of nitrogens with zero attached hydrogens (tertiary/aromatic N) is 2. The maximum Gasteiger partial charge on any atom is 0.184 e. The molecule has 6 heteroatoms. The van der Waals surface area contributed by atoms with Crippen molar-refractivity contribution in [1.29, 1.82) is 0 Å². The van der Waals surface area contributed by atoms with Gasteiger partial charge in [-0.3, -0.25) is 5.43 Å². The standard InChI is InChI=1S/C18H16N4OS/c19-18(24)22-20-11-15-10-9-14-7-4-8-16(17(14)21-15)23-12-13-5-2-1-3-6-13/h1-11H,12H2,(H3,19,22,24)/b20-11+. The molecular formula is C18H16N4OS. The molecule has 0 unspecified atom stereocenters. The quantitative estimate of drug-likeness (QED) is 0.426. The Bertz CT molecular complexity index is 881. The molecule has 5 nitrogen and oxygen atoms in total. The fourth-order valence-corrected chi connectivity index (χ4v) is 2.27. The minimum absolute atomic E-state index is 0.110. The number of nitrogens with one attached hydrogen (secondary N) is 1. The van der Waals surface area contributed by atoms with Crippen molar-refractivity contribution in [2.45, 2.75) is 6.61 Å². The van der Waals surface area contributed by atoms with Gasteiger partial charge in [-0.2, -0.15) is 5.10 Å². The number of para-hydroxylation sites is 1. The van der Waals surface area contributed by atoms with Crippen molar-refractivity contribution < 1.29 is 4.74 Å². The van der Waals surface area contributed by atoms with Gasteiger partial charge < -0.3 is 10.5 Å². The van der Waals surface area contributed by atoms with E-state index in [1.165, 1.54) is 0 Å². The summed E-state index contributed by atoms with van der Waals surface area (Å²) < 4.78 is 5.94. The van der Waals surface area contributed by atoms with Crippen molar-refractivity contribution >= 4 is 34.4 Å². The molecule has 0 aliphatic rings. The first-order chi connectivity index (χ1) is 11.7. The molecule has 3 aromatic rings. The molecule has 0 aliphatic heterocycles. The lowest BCUT2D eigenvalue weighted by Crippen LogP contribution is -2.24. The lowest BCUT2D eigenvalue weighted by atomic mass is 10.2. The molecule has 2 aromatic carbocycles. The number of hydrogen-bond donors (Lipinski definition) is 2. The Kier molecular flexibility index (Phi) is 4.98. The largest absolute Gasteiger partial charge is 0.487 e. The first kappa shape index (κ1) is 15.9. The number of hydrogen-bond acceptors (Lipinski definition) is 4. The summed E-state index contributed by atoms with van der Waals surface area (Å²) in [5.41, 5.74) is 10.4. The fourth-order valence-electron chi connectivity index (χ4n) is 2.22. The number of nitrogens with two attached hydrogens (primary N) is 1. The predicted octanol–water partition coefficient (Wildman–Crippen LogP) is 2.98. The molecule has 1 aromatic heterocycles. The van der Waals surface area contributed by atoms with Crippen LogP contribution in [0.2, 0.25) is 0 Å². The summed E-state index contributed by atoms with van der Waals surface area (Å²) in [4.78, 5) is 4.59. The third-order valence-corrected chi connectivity index (χ3v) is 3.40. The highest BCUT2D eigenvalue weighted by Gasteiger charge is 2.05. The van der Waals surface area contributed by atoms with Crippen molar-refractivity contribution in [3.05, 3.63) is 71.9 Å². The van der Waals surface area contributed by atoms with Crippen LogP contribution in [-0.2, 0) is 6.61 Å². The van der Waals surface area contributed by atoms with Crippen molar-refractivity contribution in [3.8, 4) is 5.75 Å². The number of benzene rings is 2. The van der Waals surface area contributed by atoms with Crippen LogP contribution >= 0.6 is 12.2 Å². The van der Waals surface area contributed by atoms with Crippen LogP contribution in [0, 0.1) is 0 Å². The van der Waals surface area contributed by atoms with E-state index in [1.54, 1.807) is 6.21 Å². The molecule has 3 rings (SSSR count).